The van der Waals surface area contributed by atoms with Gasteiger partial charge in [0.05, 0.1) is 72.7 Å². The van der Waals surface area contributed by atoms with Crippen LogP contribution in [-0.4, -0.2) is 127 Å². The molecular formula is C47H68N3O12PS2. The van der Waals surface area contributed by atoms with Crippen LogP contribution in [-0.2, 0) is 34.0 Å². The molecule has 3 atom stereocenters. The second-order valence-corrected chi connectivity index (χ2v) is 19.2. The molecule has 3 N–H and O–H groups in total. The van der Waals surface area contributed by atoms with E-state index in [2.05, 4.69) is 4.98 Å². The molecule has 0 aliphatic carbocycles. The first-order chi connectivity index (χ1) is 31.4. The van der Waals surface area contributed by atoms with Crippen molar-refractivity contribution in [2.24, 2.45) is 0 Å². The molecule has 1 aromatic heterocycles. The highest BCUT2D eigenvalue weighted by Crippen LogP contribution is 2.43. The van der Waals surface area contributed by atoms with E-state index >= 15 is 0 Å². The van der Waals surface area contributed by atoms with Gasteiger partial charge in [-0.2, -0.15) is 0 Å². The molecule has 6 rings (SSSR count). The number of benzene rings is 3. The van der Waals surface area contributed by atoms with Gasteiger partial charge in [-0.1, -0.05) is 76.2 Å². The molecular weight excluding hydrogens is 894 g/mol. The summed E-state index contributed by atoms with van der Waals surface area (Å²) in [5.41, 5.74) is 0.953. The number of H-pyrrole nitrogens is 1. The van der Waals surface area contributed by atoms with Gasteiger partial charge >= 0.3 is 5.69 Å². The monoisotopic (exact) mass is 961 g/mol. The topological polar surface area (TPSA) is 172 Å². The first-order valence-corrected chi connectivity index (χ1v) is 25.5. The largest absolute Gasteiger partial charge is 0.497 e. The van der Waals surface area contributed by atoms with Gasteiger partial charge in [0.2, 0.25) is 0 Å². The maximum atomic E-state index is 12.3. The quantitative estimate of drug-likeness (QED) is 0.0308. The fraction of sp³-hybridized carbons (Fsp3) is 0.532. The second-order valence-electron chi connectivity index (χ2n) is 15.6. The number of hydrogen-bond acceptors (Lipinski definition) is 15. The molecule has 0 amide bonds. The summed E-state index contributed by atoms with van der Waals surface area (Å²) in [7, 11) is 6.87. The van der Waals surface area contributed by atoms with Crippen LogP contribution < -0.4 is 20.7 Å². The fourth-order valence-electron chi connectivity index (χ4n) is 7.28. The van der Waals surface area contributed by atoms with Crippen molar-refractivity contribution in [1.82, 2.24) is 14.2 Å². The van der Waals surface area contributed by atoms with Crippen LogP contribution in [0.2, 0.25) is 0 Å². The third kappa shape index (κ3) is 17.4. The normalized spacial score (nSPS) is 17.5. The Morgan fingerprint density at radius 2 is 1.32 bits per heavy atom. The van der Waals surface area contributed by atoms with E-state index in [1.54, 1.807) is 26.0 Å². The summed E-state index contributed by atoms with van der Waals surface area (Å²) in [6.07, 6.45) is 3.66. The zero-order valence-electron chi connectivity index (χ0n) is 38.7. The van der Waals surface area contributed by atoms with Gasteiger partial charge in [-0.05, 0) is 87.9 Å². The minimum absolute atomic E-state index is 0.195. The lowest BCUT2D eigenvalue weighted by molar-refractivity contribution is -0.0774. The van der Waals surface area contributed by atoms with E-state index in [0.29, 0.717) is 58.6 Å². The van der Waals surface area contributed by atoms with Crippen LogP contribution >= 0.6 is 30.1 Å². The van der Waals surface area contributed by atoms with E-state index in [9.17, 15) is 9.59 Å². The van der Waals surface area contributed by atoms with Crippen molar-refractivity contribution < 1.29 is 47.7 Å². The van der Waals surface area contributed by atoms with E-state index in [1.165, 1.54) is 22.6 Å². The summed E-state index contributed by atoms with van der Waals surface area (Å²) in [4.78, 5) is 43.8. The maximum absolute atomic E-state index is 12.3. The van der Waals surface area contributed by atoms with Gasteiger partial charge in [-0.25, -0.2) is 9.46 Å². The van der Waals surface area contributed by atoms with Gasteiger partial charge in [0.1, 0.15) is 23.3 Å². The van der Waals surface area contributed by atoms with Crippen molar-refractivity contribution in [3.63, 3.8) is 0 Å². The number of nitrogens with one attached hydrogen (secondary N) is 1. The number of methoxy groups -OCH3 is 3. The summed E-state index contributed by atoms with van der Waals surface area (Å²) >= 11 is 0. The minimum atomic E-state index is -1.91. The average Bonchev–Trinajstić information content (AvgIpc) is 3.78. The van der Waals surface area contributed by atoms with Crippen molar-refractivity contribution in [2.45, 2.75) is 83.1 Å². The highest BCUT2D eigenvalue weighted by Gasteiger charge is 2.40. The third-order valence-corrected chi connectivity index (χ3v) is 14.2. The zero-order chi connectivity index (χ0) is 47.0. The van der Waals surface area contributed by atoms with Crippen molar-refractivity contribution in [3.05, 3.63) is 129 Å². The maximum Gasteiger partial charge on any atom is 0.330 e. The lowest BCUT2D eigenvalue weighted by Crippen LogP contribution is -2.36. The van der Waals surface area contributed by atoms with Crippen molar-refractivity contribution in [3.8, 4) is 11.5 Å². The van der Waals surface area contributed by atoms with Gasteiger partial charge < -0.3 is 47.7 Å². The van der Waals surface area contributed by atoms with E-state index in [1.807, 2.05) is 128 Å². The summed E-state index contributed by atoms with van der Waals surface area (Å²) in [6, 6.07) is 27.5. The highest BCUT2D eigenvalue weighted by atomic mass is 33.1. The van der Waals surface area contributed by atoms with Gasteiger partial charge in [0.25, 0.3) is 14.1 Å². The van der Waals surface area contributed by atoms with E-state index in [-0.39, 0.29) is 24.8 Å². The SMILES string of the molecule is CC(C)N(C(C)C)P(O)O.COCCOCCOCCO[C@H]1CCSSC1.COc1ccc(C(OC[C@@H]2CC[C@H](n3ccc(=O)[nH]c3=O)O2)(c2ccccc2)c2ccc(OC)cc2)cc1. The molecule has 2 aliphatic heterocycles. The summed E-state index contributed by atoms with van der Waals surface area (Å²) in [5, 5.41) is 0. The molecule has 15 nitrogen and oxygen atoms in total. The number of nitrogens with zero attached hydrogens (tertiary/aromatic N) is 2. The van der Waals surface area contributed by atoms with Crippen molar-refractivity contribution in [2.75, 3.05) is 79.1 Å². The zero-order valence-corrected chi connectivity index (χ0v) is 41.2. The lowest BCUT2D eigenvalue weighted by Gasteiger charge is -2.37. The molecule has 0 unspecified atom stereocenters. The molecule has 2 aliphatic rings. The molecule has 360 valence electrons. The molecule has 4 aromatic rings. The molecule has 0 radical (unpaired) electrons. The standard InChI is InChI=1S/C30H30N2O6.C11H22O4S2.C6H16NO2P/c1-35-24-12-8-22(9-13-24)30(21-6-4-3-5-7-21,23-10-14-25(36-2)15-11-23)37-20-26-16-17-28(38-26)32-19-18-27(33)31-29(32)34;1-12-3-4-13-5-6-14-7-8-15-11-2-9-16-17-10-11;1-5(2)7(6(3)4)10(8)9/h3-15,18-19,26,28H,16-17,20H2,1-2H3,(H,31,33,34);11H,2-10H2,1H3;5-6,8-9H,1-4H3/t26-,28+;11-;/m00./s1. The van der Waals surface area contributed by atoms with Crippen LogP contribution in [0.25, 0.3) is 0 Å². The van der Waals surface area contributed by atoms with E-state index < -0.39 is 31.6 Å². The Labute approximate surface area is 392 Å². The molecule has 3 aromatic carbocycles. The van der Waals surface area contributed by atoms with Crippen LogP contribution in [0.15, 0.2) is 101 Å². The van der Waals surface area contributed by atoms with E-state index in [0.717, 1.165) is 40.4 Å². The third-order valence-electron chi connectivity index (χ3n) is 10.4. The Kier molecular flexibility index (Phi) is 24.6. The predicted molar refractivity (Wildman–Crippen MR) is 259 cm³/mol. The summed E-state index contributed by atoms with van der Waals surface area (Å²) in [5.74, 6) is 3.80. The van der Waals surface area contributed by atoms with Crippen molar-refractivity contribution >= 4 is 30.1 Å². The average molecular weight is 962 g/mol. The van der Waals surface area contributed by atoms with Gasteiger partial charge in [-0.3, -0.25) is 14.3 Å². The minimum Gasteiger partial charge on any atom is -0.497 e. The Balaban J connectivity index is 0.000000282. The Hall–Kier alpha value is -3.29. The first kappa shape index (κ1) is 54.3. The van der Waals surface area contributed by atoms with Gasteiger partial charge in [-0.15, -0.1) is 0 Å². The van der Waals surface area contributed by atoms with Crippen LogP contribution in [0.4, 0.5) is 0 Å². The van der Waals surface area contributed by atoms with Crippen LogP contribution in [0.1, 0.15) is 69.9 Å². The highest BCUT2D eigenvalue weighted by molar-refractivity contribution is 8.76. The smallest absolute Gasteiger partial charge is 0.330 e. The lowest BCUT2D eigenvalue weighted by atomic mass is 9.80. The van der Waals surface area contributed by atoms with E-state index in [4.69, 9.17) is 47.7 Å². The number of aromatic amines is 1. The Morgan fingerprint density at radius 3 is 1.82 bits per heavy atom. The van der Waals surface area contributed by atoms with Gasteiger partial charge in [0.15, 0.2) is 0 Å². The summed E-state index contributed by atoms with van der Waals surface area (Å²) < 4.78 is 48.3. The molecule has 2 saturated heterocycles. The first-order valence-electron chi connectivity index (χ1n) is 21.8. The molecule has 0 spiro atoms. The van der Waals surface area contributed by atoms with Crippen LogP contribution in [0, 0.1) is 0 Å². The molecule has 0 saturated carbocycles. The second kappa shape index (κ2) is 29.5. The van der Waals surface area contributed by atoms with Crippen LogP contribution in [0.3, 0.4) is 0 Å². The molecule has 0 bridgehead atoms. The Morgan fingerprint density at radius 1 is 0.754 bits per heavy atom. The van der Waals surface area contributed by atoms with Crippen LogP contribution in [0.5, 0.6) is 11.5 Å². The fourth-order valence-corrected chi connectivity index (χ4v) is 10.5. The summed E-state index contributed by atoms with van der Waals surface area (Å²) in [6.45, 7) is 11.9. The molecule has 3 heterocycles. The molecule has 65 heavy (non-hydrogen) atoms. The number of aromatic nitrogens is 2. The number of rotatable bonds is 22. The molecule has 2 fully saturated rings. The van der Waals surface area contributed by atoms with Crippen molar-refractivity contribution in [1.29, 1.82) is 0 Å². The number of ether oxygens (including phenoxy) is 8. The number of hydrogen-bond donors (Lipinski definition) is 3. The van der Waals surface area contributed by atoms with Gasteiger partial charge in [0, 0.05) is 43.0 Å². The Bertz CT molecular complexity index is 1940. The molecule has 18 heteroatoms. The predicted octanol–water partition coefficient (Wildman–Crippen LogP) is 7.39.